The smallest absolute Gasteiger partial charge is 0.417 e. The number of hydrogen-bond donors (Lipinski definition) is 0. The van der Waals surface area contributed by atoms with Gasteiger partial charge in [-0.1, -0.05) is 30.3 Å². The quantitative estimate of drug-likeness (QED) is 0.769. The number of nitrogens with zero attached hydrogens (tertiary/aromatic N) is 2. The van der Waals surface area contributed by atoms with Crippen molar-refractivity contribution < 1.29 is 19.1 Å². The Morgan fingerprint density at radius 1 is 1.27 bits per heavy atom. The van der Waals surface area contributed by atoms with E-state index in [0.717, 1.165) is 16.0 Å². The Morgan fingerprint density at radius 3 is 2.69 bits per heavy atom. The normalized spacial score (nSPS) is 17.0. The number of imide groups is 1. The van der Waals surface area contributed by atoms with E-state index in [2.05, 4.69) is 4.98 Å². The van der Waals surface area contributed by atoms with Crippen molar-refractivity contribution in [3.8, 4) is 5.88 Å². The van der Waals surface area contributed by atoms with Crippen LogP contribution in [0.25, 0.3) is 6.08 Å². The van der Waals surface area contributed by atoms with Gasteiger partial charge in [-0.25, -0.2) is 14.7 Å². The zero-order valence-corrected chi connectivity index (χ0v) is 14.7. The number of aromatic nitrogens is 1. The van der Waals surface area contributed by atoms with Crippen LogP contribution in [0.5, 0.6) is 5.88 Å². The van der Waals surface area contributed by atoms with E-state index in [1.807, 2.05) is 44.2 Å². The molecular weight excluding hydrogens is 332 g/mol. The lowest BCUT2D eigenvalue weighted by atomic mass is 10.1. The van der Waals surface area contributed by atoms with Gasteiger partial charge in [-0.05, 0) is 37.1 Å². The summed E-state index contributed by atoms with van der Waals surface area (Å²) in [5.41, 5.74) is 1.59. The second kappa shape index (κ2) is 7.82. The van der Waals surface area contributed by atoms with Crippen molar-refractivity contribution >= 4 is 18.1 Å². The monoisotopic (exact) mass is 352 g/mol. The van der Waals surface area contributed by atoms with E-state index in [-0.39, 0.29) is 12.7 Å². The van der Waals surface area contributed by atoms with E-state index in [0.29, 0.717) is 5.88 Å². The number of cyclic esters (lactones) is 1. The van der Waals surface area contributed by atoms with Crippen molar-refractivity contribution in [3.05, 3.63) is 65.9 Å². The summed E-state index contributed by atoms with van der Waals surface area (Å²) in [5.74, 6) is 0.0969. The first-order valence-electron chi connectivity index (χ1n) is 8.40. The molecule has 1 fully saturated rings. The fraction of sp³-hybridized carbons (Fsp3) is 0.250. The van der Waals surface area contributed by atoms with E-state index in [1.54, 1.807) is 24.4 Å². The van der Waals surface area contributed by atoms with Gasteiger partial charge in [0.05, 0.1) is 6.10 Å². The van der Waals surface area contributed by atoms with E-state index >= 15 is 0 Å². The molecule has 134 valence electrons. The summed E-state index contributed by atoms with van der Waals surface area (Å²) >= 11 is 0. The highest BCUT2D eigenvalue weighted by Crippen LogP contribution is 2.28. The van der Waals surface area contributed by atoms with Crippen molar-refractivity contribution in [1.29, 1.82) is 0 Å². The molecule has 2 amide bonds. The Labute approximate surface area is 152 Å². The van der Waals surface area contributed by atoms with Crippen LogP contribution in [0.1, 0.15) is 31.0 Å². The molecule has 1 atom stereocenters. The third-order valence-electron chi connectivity index (χ3n) is 3.83. The molecular formula is C20H20N2O4. The summed E-state index contributed by atoms with van der Waals surface area (Å²) < 4.78 is 10.5. The fourth-order valence-corrected chi connectivity index (χ4v) is 2.63. The number of pyridine rings is 1. The maximum atomic E-state index is 12.5. The van der Waals surface area contributed by atoms with Crippen LogP contribution < -0.4 is 4.74 Å². The van der Waals surface area contributed by atoms with Gasteiger partial charge in [0.1, 0.15) is 12.6 Å². The average Bonchev–Trinajstić information content (AvgIpc) is 3.03. The molecule has 1 unspecified atom stereocenters. The molecule has 1 aliphatic rings. The van der Waals surface area contributed by atoms with Gasteiger partial charge in [-0.3, -0.25) is 4.79 Å². The second-order valence-electron chi connectivity index (χ2n) is 6.14. The highest BCUT2D eigenvalue weighted by atomic mass is 16.6. The van der Waals surface area contributed by atoms with Crippen LogP contribution in [0.4, 0.5) is 4.79 Å². The van der Waals surface area contributed by atoms with Crippen molar-refractivity contribution in [2.75, 3.05) is 6.61 Å². The van der Waals surface area contributed by atoms with Gasteiger partial charge in [-0.15, -0.1) is 0 Å². The van der Waals surface area contributed by atoms with Crippen molar-refractivity contribution in [2.24, 2.45) is 0 Å². The first-order chi connectivity index (χ1) is 12.5. The summed E-state index contributed by atoms with van der Waals surface area (Å²) in [6.07, 6.45) is 3.98. The summed E-state index contributed by atoms with van der Waals surface area (Å²) in [6.45, 7) is 4.00. The van der Waals surface area contributed by atoms with Crippen LogP contribution in [0.15, 0.2) is 54.7 Å². The second-order valence-corrected chi connectivity index (χ2v) is 6.14. The van der Waals surface area contributed by atoms with Crippen molar-refractivity contribution in [1.82, 2.24) is 9.88 Å². The van der Waals surface area contributed by atoms with Gasteiger partial charge in [0.2, 0.25) is 5.88 Å². The largest absolute Gasteiger partial charge is 0.475 e. The van der Waals surface area contributed by atoms with Crippen LogP contribution in [-0.4, -0.2) is 34.6 Å². The maximum absolute atomic E-state index is 12.5. The number of rotatable bonds is 5. The molecule has 1 aliphatic heterocycles. The highest BCUT2D eigenvalue weighted by Gasteiger charge is 2.37. The molecule has 2 heterocycles. The van der Waals surface area contributed by atoms with Crippen LogP contribution in [0.3, 0.4) is 0 Å². The first-order valence-corrected chi connectivity index (χ1v) is 8.40. The Hall–Kier alpha value is -3.15. The minimum atomic E-state index is -0.632. The Morgan fingerprint density at radius 2 is 2.04 bits per heavy atom. The Bertz CT molecular complexity index is 800. The van der Waals surface area contributed by atoms with E-state index in [9.17, 15) is 9.59 Å². The Kier molecular flexibility index (Phi) is 5.31. The third-order valence-corrected chi connectivity index (χ3v) is 3.83. The zero-order valence-electron chi connectivity index (χ0n) is 14.7. The van der Waals surface area contributed by atoms with E-state index in [1.165, 1.54) is 6.08 Å². The van der Waals surface area contributed by atoms with Gasteiger partial charge < -0.3 is 9.47 Å². The van der Waals surface area contributed by atoms with Gasteiger partial charge in [0.15, 0.2) is 0 Å². The average molecular weight is 352 g/mol. The SMILES string of the molecule is CC(C)Oc1ccc(C=CC(=O)N2C(=O)OCC2c2ccccc2)cn1. The summed E-state index contributed by atoms with van der Waals surface area (Å²) in [4.78, 5) is 29.8. The molecule has 3 rings (SSSR count). The fourth-order valence-electron chi connectivity index (χ4n) is 2.63. The molecule has 1 aromatic heterocycles. The van der Waals surface area contributed by atoms with Crippen LogP contribution >= 0.6 is 0 Å². The summed E-state index contributed by atoms with van der Waals surface area (Å²) in [7, 11) is 0. The zero-order chi connectivity index (χ0) is 18.5. The molecule has 1 saturated heterocycles. The molecule has 0 N–H and O–H groups in total. The number of hydrogen-bond acceptors (Lipinski definition) is 5. The van der Waals surface area contributed by atoms with Crippen LogP contribution in [0, 0.1) is 0 Å². The minimum Gasteiger partial charge on any atom is -0.475 e. The topological polar surface area (TPSA) is 68.7 Å². The van der Waals surface area contributed by atoms with Gasteiger partial charge in [0.25, 0.3) is 5.91 Å². The van der Waals surface area contributed by atoms with Crippen molar-refractivity contribution in [3.63, 3.8) is 0 Å². The molecule has 0 spiro atoms. The van der Waals surface area contributed by atoms with Crippen LogP contribution in [-0.2, 0) is 9.53 Å². The van der Waals surface area contributed by atoms with E-state index in [4.69, 9.17) is 9.47 Å². The minimum absolute atomic E-state index is 0.0431. The third kappa shape index (κ3) is 4.08. The Balaban J connectivity index is 1.71. The number of benzene rings is 1. The van der Waals surface area contributed by atoms with E-state index < -0.39 is 18.0 Å². The molecule has 1 aromatic carbocycles. The number of ether oxygens (including phenoxy) is 2. The molecule has 26 heavy (non-hydrogen) atoms. The standard InChI is InChI=1S/C20H20N2O4/c1-14(2)26-18-10-8-15(12-21-18)9-11-19(23)22-17(13-25-20(22)24)16-6-4-3-5-7-16/h3-12,14,17H,13H2,1-2H3. The molecule has 0 bridgehead atoms. The predicted molar refractivity (Wildman–Crippen MR) is 96.4 cm³/mol. The molecule has 0 aliphatic carbocycles. The molecule has 0 radical (unpaired) electrons. The molecule has 6 nitrogen and oxygen atoms in total. The number of amides is 2. The molecule has 6 heteroatoms. The van der Waals surface area contributed by atoms with Crippen LogP contribution in [0.2, 0.25) is 0 Å². The van der Waals surface area contributed by atoms with Gasteiger partial charge in [-0.2, -0.15) is 0 Å². The lowest BCUT2D eigenvalue weighted by Gasteiger charge is -2.18. The van der Waals surface area contributed by atoms with Gasteiger partial charge in [0, 0.05) is 18.3 Å². The molecule has 2 aromatic rings. The summed E-state index contributed by atoms with van der Waals surface area (Å²) in [5, 5.41) is 0. The van der Waals surface area contributed by atoms with Crippen molar-refractivity contribution in [2.45, 2.75) is 26.0 Å². The summed E-state index contributed by atoms with van der Waals surface area (Å²) in [6, 6.07) is 12.5. The lowest BCUT2D eigenvalue weighted by Crippen LogP contribution is -2.32. The predicted octanol–water partition coefficient (Wildman–Crippen LogP) is 3.60. The number of carbonyl (C=O) groups is 2. The molecule has 0 saturated carbocycles. The first kappa shape index (κ1) is 17.7. The number of carbonyl (C=O) groups excluding carboxylic acids is 2. The maximum Gasteiger partial charge on any atom is 0.417 e. The highest BCUT2D eigenvalue weighted by molar-refractivity contribution is 6.02. The lowest BCUT2D eigenvalue weighted by molar-refractivity contribution is -0.124. The van der Waals surface area contributed by atoms with Gasteiger partial charge >= 0.3 is 6.09 Å².